The van der Waals surface area contributed by atoms with Crippen LogP contribution in [0.25, 0.3) is 66.1 Å². The van der Waals surface area contributed by atoms with Crippen molar-refractivity contribution >= 4 is 49.8 Å². The fourth-order valence-electron chi connectivity index (χ4n) is 8.39. The molecule has 8 aromatic carbocycles. The molecule has 2 nitrogen and oxygen atoms in total. The first kappa shape index (κ1) is 29.5. The van der Waals surface area contributed by atoms with Gasteiger partial charge >= 0.3 is 0 Å². The fraction of sp³-hybridized carbons (Fsp3) is 0.0612. The Morgan fingerprint density at radius 1 is 0.431 bits per heavy atom. The molecule has 0 unspecified atom stereocenters. The smallest absolute Gasteiger partial charge is 0.143 e. The Balaban J connectivity index is 1.28. The Bertz CT molecular complexity index is 2770. The van der Waals surface area contributed by atoms with Crippen LogP contribution in [0.1, 0.15) is 25.0 Å². The summed E-state index contributed by atoms with van der Waals surface area (Å²) in [6.45, 7) is 4.71. The van der Waals surface area contributed by atoms with Gasteiger partial charge in [0.1, 0.15) is 11.2 Å². The number of rotatable bonds is 5. The molecular weight excluding hydrogens is 619 g/mol. The molecule has 2 heteroatoms. The summed E-state index contributed by atoms with van der Waals surface area (Å²) >= 11 is 0. The van der Waals surface area contributed by atoms with Crippen LogP contribution < -0.4 is 4.90 Å². The maximum Gasteiger partial charge on any atom is 0.143 e. The van der Waals surface area contributed by atoms with E-state index in [1.807, 2.05) is 0 Å². The average Bonchev–Trinajstić information content (AvgIpc) is 3.68. The number of benzene rings is 8. The number of hydrogen-bond acceptors (Lipinski definition) is 2. The van der Waals surface area contributed by atoms with Gasteiger partial charge in [-0.3, -0.25) is 0 Å². The number of nitrogens with zero attached hydrogens (tertiary/aromatic N) is 1. The highest BCUT2D eigenvalue weighted by Crippen LogP contribution is 2.52. The molecule has 242 valence electrons. The van der Waals surface area contributed by atoms with Gasteiger partial charge in [-0.1, -0.05) is 153 Å². The number of hydrogen-bond donors (Lipinski definition) is 0. The highest BCUT2D eigenvalue weighted by atomic mass is 16.3. The van der Waals surface area contributed by atoms with Gasteiger partial charge in [-0.25, -0.2) is 0 Å². The minimum Gasteiger partial charge on any atom is -0.455 e. The van der Waals surface area contributed by atoms with E-state index in [9.17, 15) is 0 Å². The summed E-state index contributed by atoms with van der Waals surface area (Å²) in [5.74, 6) is 0. The molecule has 9 aromatic rings. The van der Waals surface area contributed by atoms with Gasteiger partial charge in [0.25, 0.3) is 0 Å². The van der Waals surface area contributed by atoms with Crippen molar-refractivity contribution in [2.24, 2.45) is 0 Å². The van der Waals surface area contributed by atoms with Crippen molar-refractivity contribution < 1.29 is 4.42 Å². The van der Waals surface area contributed by atoms with Crippen LogP contribution in [0, 0.1) is 0 Å². The van der Waals surface area contributed by atoms with Crippen molar-refractivity contribution in [3.63, 3.8) is 0 Å². The second-order valence-electron chi connectivity index (χ2n) is 14.1. The summed E-state index contributed by atoms with van der Waals surface area (Å²) in [6.07, 6.45) is 0. The van der Waals surface area contributed by atoms with Gasteiger partial charge in [-0.15, -0.1) is 0 Å². The first-order chi connectivity index (χ1) is 25.1. The standard InChI is InChI=1S/C49H35NO/c1-49(2)43-25-12-11-21-38(43)39-28-27-36(30-44(39)49)50(35-20-13-19-34(29-35)32-15-5-3-6-16-32)45-31-42-47-37(33-17-7-4-8-18-33)24-14-26-46(47)51-48(42)41-23-10-9-22-40(41)45/h3-31H,1-2H3. The average molecular weight is 654 g/mol. The second-order valence-corrected chi connectivity index (χ2v) is 14.1. The number of fused-ring (bicyclic) bond motifs is 8. The predicted octanol–water partition coefficient (Wildman–Crippen LogP) is 13.8. The first-order valence-corrected chi connectivity index (χ1v) is 17.7. The minimum absolute atomic E-state index is 0.128. The molecule has 51 heavy (non-hydrogen) atoms. The molecule has 1 heterocycles. The van der Waals surface area contributed by atoms with Crippen LogP contribution in [-0.4, -0.2) is 0 Å². The molecule has 0 radical (unpaired) electrons. The maximum absolute atomic E-state index is 6.76. The molecule has 1 aromatic heterocycles. The molecule has 0 saturated carbocycles. The van der Waals surface area contributed by atoms with E-state index in [4.69, 9.17) is 4.42 Å². The van der Waals surface area contributed by atoms with Crippen LogP contribution in [0.2, 0.25) is 0 Å². The Kier molecular flexibility index (Phi) is 6.56. The summed E-state index contributed by atoms with van der Waals surface area (Å²) < 4.78 is 6.76. The lowest BCUT2D eigenvalue weighted by Gasteiger charge is -2.29. The zero-order valence-corrected chi connectivity index (χ0v) is 28.6. The van der Waals surface area contributed by atoms with Crippen molar-refractivity contribution in [1.82, 2.24) is 0 Å². The van der Waals surface area contributed by atoms with Crippen molar-refractivity contribution in [2.75, 3.05) is 4.90 Å². The number of furan rings is 1. The van der Waals surface area contributed by atoms with Crippen LogP contribution >= 0.6 is 0 Å². The van der Waals surface area contributed by atoms with Gasteiger partial charge in [0.15, 0.2) is 0 Å². The third-order valence-electron chi connectivity index (χ3n) is 10.8. The highest BCUT2D eigenvalue weighted by Gasteiger charge is 2.36. The molecule has 0 spiro atoms. The maximum atomic E-state index is 6.76. The molecule has 0 atom stereocenters. The van der Waals surface area contributed by atoms with Gasteiger partial charge in [-0.2, -0.15) is 0 Å². The zero-order valence-electron chi connectivity index (χ0n) is 28.6. The molecule has 0 aliphatic heterocycles. The van der Waals surface area contributed by atoms with Gasteiger partial charge < -0.3 is 9.32 Å². The van der Waals surface area contributed by atoms with Crippen molar-refractivity contribution in [1.29, 1.82) is 0 Å². The summed E-state index contributed by atoms with van der Waals surface area (Å²) in [5, 5.41) is 4.47. The lowest BCUT2D eigenvalue weighted by atomic mass is 9.82. The molecular formula is C49H35NO. The van der Waals surface area contributed by atoms with E-state index in [1.54, 1.807) is 0 Å². The Morgan fingerprint density at radius 2 is 1.06 bits per heavy atom. The molecule has 1 aliphatic carbocycles. The molecule has 1 aliphatic rings. The lowest BCUT2D eigenvalue weighted by molar-refractivity contribution is 0.660. The Hall–Kier alpha value is -6.38. The van der Waals surface area contributed by atoms with Crippen molar-refractivity contribution in [3.05, 3.63) is 187 Å². The van der Waals surface area contributed by atoms with Crippen LogP contribution in [0.5, 0.6) is 0 Å². The Morgan fingerprint density at radius 3 is 1.88 bits per heavy atom. The Labute approximate surface area is 297 Å². The fourth-order valence-corrected chi connectivity index (χ4v) is 8.39. The molecule has 10 rings (SSSR count). The predicted molar refractivity (Wildman–Crippen MR) is 214 cm³/mol. The van der Waals surface area contributed by atoms with E-state index in [0.717, 1.165) is 49.8 Å². The molecule has 0 fully saturated rings. The van der Waals surface area contributed by atoms with E-state index in [0.29, 0.717) is 0 Å². The van der Waals surface area contributed by atoms with E-state index >= 15 is 0 Å². The van der Waals surface area contributed by atoms with E-state index < -0.39 is 0 Å². The van der Waals surface area contributed by atoms with Crippen LogP contribution in [-0.2, 0) is 5.41 Å². The van der Waals surface area contributed by atoms with Gasteiger partial charge in [0, 0.05) is 38.3 Å². The third kappa shape index (κ3) is 4.57. The van der Waals surface area contributed by atoms with E-state index in [1.165, 1.54) is 44.5 Å². The first-order valence-electron chi connectivity index (χ1n) is 17.7. The van der Waals surface area contributed by atoms with Crippen LogP contribution in [0.15, 0.2) is 180 Å². The quantitative estimate of drug-likeness (QED) is 0.184. The second kappa shape index (κ2) is 11.3. The third-order valence-corrected chi connectivity index (χ3v) is 10.8. The molecule has 0 bridgehead atoms. The zero-order chi connectivity index (χ0) is 34.1. The van der Waals surface area contributed by atoms with Crippen LogP contribution in [0.3, 0.4) is 0 Å². The lowest BCUT2D eigenvalue weighted by Crippen LogP contribution is -2.16. The summed E-state index contributed by atoms with van der Waals surface area (Å²) in [5.41, 5.74) is 15.1. The monoisotopic (exact) mass is 653 g/mol. The van der Waals surface area contributed by atoms with Gasteiger partial charge in [0.2, 0.25) is 0 Å². The normalized spacial score (nSPS) is 13.1. The largest absolute Gasteiger partial charge is 0.455 e. The molecule has 0 saturated heterocycles. The van der Waals surface area contributed by atoms with Gasteiger partial charge in [-0.05, 0) is 80.9 Å². The van der Waals surface area contributed by atoms with E-state index in [-0.39, 0.29) is 5.41 Å². The minimum atomic E-state index is -0.128. The summed E-state index contributed by atoms with van der Waals surface area (Å²) in [7, 11) is 0. The van der Waals surface area contributed by atoms with Crippen molar-refractivity contribution in [2.45, 2.75) is 19.3 Å². The van der Waals surface area contributed by atoms with Gasteiger partial charge in [0.05, 0.1) is 5.69 Å². The van der Waals surface area contributed by atoms with E-state index in [2.05, 4.69) is 195 Å². The van der Waals surface area contributed by atoms with Crippen molar-refractivity contribution in [3.8, 4) is 33.4 Å². The molecule has 0 N–H and O–H groups in total. The topological polar surface area (TPSA) is 16.4 Å². The van der Waals surface area contributed by atoms with Crippen LogP contribution in [0.4, 0.5) is 17.1 Å². The summed E-state index contributed by atoms with van der Waals surface area (Å²) in [4.78, 5) is 2.46. The highest BCUT2D eigenvalue weighted by molar-refractivity contribution is 6.22. The summed E-state index contributed by atoms with van der Waals surface area (Å²) in [6, 6.07) is 63.6. The SMILES string of the molecule is CC1(C)c2ccccc2-c2ccc(N(c3cccc(-c4ccccc4)c3)c3cc4c(oc5cccc(-c6ccccc6)c54)c4ccccc34)cc21. The number of anilines is 3. The molecule has 0 amide bonds.